The van der Waals surface area contributed by atoms with Gasteiger partial charge in [-0.2, -0.15) is 10.1 Å². The van der Waals surface area contributed by atoms with Crippen LogP contribution in [0.4, 0.5) is 0 Å². The van der Waals surface area contributed by atoms with E-state index >= 15 is 0 Å². The Bertz CT molecular complexity index is 608. The Labute approximate surface area is 104 Å². The van der Waals surface area contributed by atoms with Crippen LogP contribution in [0.1, 0.15) is 0 Å². The Morgan fingerprint density at radius 1 is 1.25 bits per heavy atom. The molecule has 1 N–H and O–H groups in total. The van der Waals surface area contributed by atoms with Crippen molar-refractivity contribution >= 4 is 35.7 Å². The fraction of sp³-hybridized carbons (Fsp3) is 0. The molecule has 1 aromatic carbocycles. The molecule has 0 atom stereocenters. The smallest absolute Gasteiger partial charge is 0.248 e. The van der Waals surface area contributed by atoms with Crippen LogP contribution in [0.5, 0.6) is 0 Å². The molecule has 16 heavy (non-hydrogen) atoms. The Kier molecular flexibility index (Phi) is 3.00. The first-order chi connectivity index (χ1) is 7.47. The summed E-state index contributed by atoms with van der Waals surface area (Å²) in [6, 6.07) is 7.14. The van der Waals surface area contributed by atoms with E-state index in [1.807, 2.05) is 0 Å². The number of rotatable bonds is 2. The van der Waals surface area contributed by atoms with Gasteiger partial charge in [-0.1, -0.05) is 28.1 Å². The van der Waals surface area contributed by atoms with Gasteiger partial charge >= 0.3 is 0 Å². The lowest BCUT2D eigenvalue weighted by molar-refractivity contribution is 0.602. The zero-order chi connectivity index (χ0) is 11.8. The average Bonchev–Trinajstić information content (AvgIpc) is 2.67. The first kappa shape index (κ1) is 11.6. The Morgan fingerprint density at radius 3 is 2.38 bits per heavy atom. The van der Waals surface area contributed by atoms with E-state index in [9.17, 15) is 8.42 Å². The molecule has 0 radical (unpaired) electrons. The molecule has 0 saturated heterocycles. The third kappa shape index (κ3) is 2.42. The van der Waals surface area contributed by atoms with E-state index in [4.69, 9.17) is 10.7 Å². The molecule has 0 amide bonds. The predicted octanol–water partition coefficient (Wildman–Crippen LogP) is 2.16. The number of halogens is 2. The van der Waals surface area contributed by atoms with Crippen LogP contribution in [-0.4, -0.2) is 23.6 Å². The van der Waals surface area contributed by atoms with Crippen molar-refractivity contribution in [2.24, 2.45) is 0 Å². The van der Waals surface area contributed by atoms with Gasteiger partial charge in [0.2, 0.25) is 0 Å². The molecule has 0 fully saturated rings. The van der Waals surface area contributed by atoms with Gasteiger partial charge in [0.05, 0.1) is 0 Å². The molecule has 0 aliphatic heterocycles. The van der Waals surface area contributed by atoms with Crippen molar-refractivity contribution in [2.75, 3.05) is 0 Å². The van der Waals surface area contributed by atoms with Gasteiger partial charge in [-0.3, -0.25) is 0 Å². The topological polar surface area (TPSA) is 75.7 Å². The maximum atomic E-state index is 11.0. The Hall–Kier alpha value is -0.920. The minimum Gasteiger partial charge on any atom is -0.248 e. The zero-order valence-corrected chi connectivity index (χ0v) is 10.8. The fourth-order valence-electron chi connectivity index (χ4n) is 1.08. The number of nitrogens with zero attached hydrogens (tertiary/aromatic N) is 2. The van der Waals surface area contributed by atoms with Crippen LogP contribution < -0.4 is 0 Å². The van der Waals surface area contributed by atoms with E-state index < -0.39 is 9.05 Å². The fourth-order valence-corrected chi connectivity index (χ4v) is 1.91. The molecule has 0 aliphatic carbocycles. The van der Waals surface area contributed by atoms with Crippen LogP contribution in [-0.2, 0) is 9.05 Å². The number of H-pyrrole nitrogens is 1. The first-order valence-electron chi connectivity index (χ1n) is 4.10. The molecule has 1 heterocycles. The lowest BCUT2D eigenvalue weighted by Gasteiger charge is -1.93. The van der Waals surface area contributed by atoms with Crippen LogP contribution in [0, 0.1) is 0 Å². The molecular weight excluding hydrogens is 318 g/mol. The number of hydrogen-bond donors (Lipinski definition) is 1. The normalized spacial score (nSPS) is 11.6. The van der Waals surface area contributed by atoms with E-state index in [-0.39, 0.29) is 11.0 Å². The van der Waals surface area contributed by atoms with Gasteiger partial charge in [0, 0.05) is 20.7 Å². The first-order valence-corrected chi connectivity index (χ1v) is 7.20. The second kappa shape index (κ2) is 4.15. The van der Waals surface area contributed by atoms with Crippen molar-refractivity contribution in [3.63, 3.8) is 0 Å². The van der Waals surface area contributed by atoms with Gasteiger partial charge in [0.1, 0.15) is 0 Å². The summed E-state index contributed by atoms with van der Waals surface area (Å²) in [6.07, 6.45) is 0. The molecule has 2 aromatic rings. The zero-order valence-electron chi connectivity index (χ0n) is 7.68. The summed E-state index contributed by atoms with van der Waals surface area (Å²) in [5.41, 5.74) is 0.700. The summed E-state index contributed by atoms with van der Waals surface area (Å²) in [5, 5.41) is 5.68. The molecule has 0 aliphatic rings. The molecular formula is C8H5BrClN3O2S. The molecule has 1 aromatic heterocycles. The minimum atomic E-state index is -3.86. The van der Waals surface area contributed by atoms with E-state index in [2.05, 4.69) is 31.1 Å². The van der Waals surface area contributed by atoms with Crippen molar-refractivity contribution in [1.82, 2.24) is 15.2 Å². The number of nitrogens with one attached hydrogen (secondary N) is 1. The van der Waals surface area contributed by atoms with Crippen molar-refractivity contribution in [1.29, 1.82) is 0 Å². The molecule has 0 unspecified atom stereocenters. The summed E-state index contributed by atoms with van der Waals surface area (Å²) in [4.78, 5) is 3.78. The van der Waals surface area contributed by atoms with Gasteiger partial charge in [-0.05, 0) is 12.1 Å². The van der Waals surface area contributed by atoms with E-state index in [1.54, 1.807) is 24.3 Å². The van der Waals surface area contributed by atoms with Gasteiger partial charge < -0.3 is 0 Å². The summed E-state index contributed by atoms with van der Waals surface area (Å²) < 4.78 is 22.8. The maximum Gasteiger partial charge on any atom is 0.296 e. The summed E-state index contributed by atoms with van der Waals surface area (Å²) in [6.45, 7) is 0. The lowest BCUT2D eigenvalue weighted by Crippen LogP contribution is -1.92. The molecule has 0 bridgehead atoms. The molecule has 8 heteroatoms. The highest BCUT2D eigenvalue weighted by Gasteiger charge is 2.16. The number of benzene rings is 1. The molecule has 0 spiro atoms. The average molecular weight is 323 g/mol. The highest BCUT2D eigenvalue weighted by Crippen LogP contribution is 2.19. The molecule has 2 rings (SSSR count). The van der Waals surface area contributed by atoms with Crippen LogP contribution in [0.15, 0.2) is 33.9 Å². The number of aromatic nitrogens is 3. The quantitative estimate of drug-likeness (QED) is 0.860. The second-order valence-electron chi connectivity index (χ2n) is 2.91. The number of hydrogen-bond acceptors (Lipinski definition) is 4. The van der Waals surface area contributed by atoms with Crippen molar-refractivity contribution in [2.45, 2.75) is 5.16 Å². The monoisotopic (exact) mass is 321 g/mol. The van der Waals surface area contributed by atoms with Crippen LogP contribution in [0.3, 0.4) is 0 Å². The van der Waals surface area contributed by atoms with Crippen molar-refractivity contribution in [3.05, 3.63) is 28.7 Å². The number of aromatic amines is 1. The third-order valence-electron chi connectivity index (χ3n) is 1.80. The SMILES string of the molecule is O=S(=O)(Cl)c1nc(-c2ccc(Br)cc2)n[nH]1. The maximum absolute atomic E-state index is 11.0. The molecule has 5 nitrogen and oxygen atoms in total. The van der Waals surface area contributed by atoms with Gasteiger partial charge in [-0.15, -0.1) is 0 Å². The van der Waals surface area contributed by atoms with Gasteiger partial charge in [0.15, 0.2) is 5.82 Å². The predicted molar refractivity (Wildman–Crippen MR) is 62.6 cm³/mol. The molecule has 0 saturated carbocycles. The van der Waals surface area contributed by atoms with Crippen LogP contribution in [0.25, 0.3) is 11.4 Å². The van der Waals surface area contributed by atoms with Crippen LogP contribution in [0.2, 0.25) is 0 Å². The third-order valence-corrected chi connectivity index (χ3v) is 3.41. The Morgan fingerprint density at radius 2 is 1.88 bits per heavy atom. The lowest BCUT2D eigenvalue weighted by atomic mass is 10.2. The molecule has 84 valence electrons. The summed E-state index contributed by atoms with van der Waals surface area (Å²) in [7, 11) is 1.25. The highest BCUT2D eigenvalue weighted by atomic mass is 79.9. The summed E-state index contributed by atoms with van der Waals surface area (Å²) >= 11 is 3.29. The van der Waals surface area contributed by atoms with Gasteiger partial charge in [-0.25, -0.2) is 13.5 Å². The van der Waals surface area contributed by atoms with E-state index in [0.717, 1.165) is 4.47 Å². The minimum absolute atomic E-state index is 0.284. The highest BCUT2D eigenvalue weighted by molar-refractivity contribution is 9.10. The Balaban J connectivity index is 2.43. The van der Waals surface area contributed by atoms with Crippen LogP contribution >= 0.6 is 26.6 Å². The van der Waals surface area contributed by atoms with Crippen molar-refractivity contribution < 1.29 is 8.42 Å². The van der Waals surface area contributed by atoms with Gasteiger partial charge in [0.25, 0.3) is 14.2 Å². The largest absolute Gasteiger partial charge is 0.296 e. The van der Waals surface area contributed by atoms with Crippen molar-refractivity contribution in [3.8, 4) is 11.4 Å². The summed E-state index contributed by atoms with van der Waals surface area (Å²) in [5.74, 6) is 0.284. The second-order valence-corrected chi connectivity index (χ2v) is 6.31. The van der Waals surface area contributed by atoms with E-state index in [0.29, 0.717) is 5.56 Å². The van der Waals surface area contributed by atoms with E-state index in [1.165, 1.54) is 0 Å². The standard InChI is InChI=1S/C8H5BrClN3O2S/c9-6-3-1-5(2-4-6)7-11-8(13-12-7)16(10,14)15/h1-4H,(H,11,12,13).